The number of aryl methyl sites for hydroxylation is 2. The number of halogens is 3. The summed E-state index contributed by atoms with van der Waals surface area (Å²) in [6.07, 6.45) is -0.643. The predicted molar refractivity (Wildman–Crippen MR) is 106 cm³/mol. The summed E-state index contributed by atoms with van der Waals surface area (Å²) in [7, 11) is 0. The summed E-state index contributed by atoms with van der Waals surface area (Å²) >= 11 is 17.8. The molecule has 12 heteroatoms. The summed E-state index contributed by atoms with van der Waals surface area (Å²) < 4.78 is 4.59. The van der Waals surface area contributed by atoms with Gasteiger partial charge in [0.05, 0.1) is 6.92 Å². The molecule has 28 heavy (non-hydrogen) atoms. The van der Waals surface area contributed by atoms with E-state index in [1.165, 1.54) is 10.8 Å². The second-order valence-corrected chi connectivity index (χ2v) is 8.28. The lowest BCUT2D eigenvalue weighted by Crippen LogP contribution is -2.49. The molecule has 1 heterocycles. The largest absolute Gasteiger partial charge is 0.445 e. The number of carbonyl (C=O) groups is 1. The van der Waals surface area contributed by atoms with Crippen LogP contribution in [0.5, 0.6) is 0 Å². The Kier molecular flexibility index (Phi) is 7.34. The van der Waals surface area contributed by atoms with Crippen LogP contribution in [0.4, 0.5) is 16.3 Å². The van der Waals surface area contributed by atoms with Crippen molar-refractivity contribution in [3.8, 4) is 0 Å². The first-order chi connectivity index (χ1) is 13.1. The van der Waals surface area contributed by atoms with Crippen molar-refractivity contribution in [1.82, 2.24) is 10.3 Å². The Bertz CT molecular complexity index is 836. The van der Waals surface area contributed by atoms with Crippen LogP contribution >= 0.6 is 34.8 Å². The van der Waals surface area contributed by atoms with Crippen molar-refractivity contribution in [3.63, 3.8) is 0 Å². The molecule has 152 valence electrons. The zero-order valence-electron chi connectivity index (χ0n) is 15.0. The van der Waals surface area contributed by atoms with Crippen molar-refractivity contribution in [3.05, 3.63) is 52.0 Å². The van der Waals surface area contributed by atoms with Gasteiger partial charge in [0.25, 0.3) is 0 Å². The normalized spacial score (nSPS) is 12.3. The summed E-state index contributed by atoms with van der Waals surface area (Å²) in [6.45, 7) is 3.56. The van der Waals surface area contributed by atoms with Crippen molar-refractivity contribution in [1.29, 1.82) is 0 Å². The third-order valence-electron chi connectivity index (χ3n) is 3.78. The molecule has 9 nitrogen and oxygen atoms in total. The molecule has 0 saturated carbocycles. The van der Waals surface area contributed by atoms with Gasteiger partial charge in [0.1, 0.15) is 12.8 Å². The first-order valence-electron chi connectivity index (χ1n) is 8.13. The van der Waals surface area contributed by atoms with Crippen LogP contribution < -0.4 is 15.2 Å². The van der Waals surface area contributed by atoms with E-state index >= 15 is 0 Å². The topological polar surface area (TPSA) is 113 Å². The van der Waals surface area contributed by atoms with Gasteiger partial charge in [0.2, 0.25) is 9.99 Å². The molecule has 1 amide bonds. The number of benzene rings is 1. The Hall–Kier alpha value is -2.23. The quantitative estimate of drug-likeness (QED) is 0.196. The van der Waals surface area contributed by atoms with E-state index in [4.69, 9.17) is 39.5 Å². The number of aromatic nitrogens is 2. The number of alkyl halides is 3. The van der Waals surface area contributed by atoms with Crippen molar-refractivity contribution in [2.24, 2.45) is 0 Å². The number of nitro groups is 1. The number of nitrogens with one attached hydrogen (secondary N) is 3. The number of imidazole rings is 1. The maximum absolute atomic E-state index is 12.1. The van der Waals surface area contributed by atoms with Gasteiger partial charge in [-0.15, -0.1) is 4.57 Å². The van der Waals surface area contributed by atoms with E-state index in [0.29, 0.717) is 11.5 Å². The van der Waals surface area contributed by atoms with Gasteiger partial charge in [-0.1, -0.05) is 52.5 Å². The molecule has 0 bridgehead atoms. The Morgan fingerprint density at radius 1 is 1.32 bits per heavy atom. The van der Waals surface area contributed by atoms with Gasteiger partial charge in [0, 0.05) is 10.6 Å². The van der Waals surface area contributed by atoms with Crippen molar-refractivity contribution >= 4 is 52.4 Å². The summed E-state index contributed by atoms with van der Waals surface area (Å²) in [6, 6.07) is 7.27. The zero-order valence-corrected chi connectivity index (χ0v) is 17.3. The number of rotatable bonds is 7. The lowest BCUT2D eigenvalue weighted by molar-refractivity contribution is -0.739. The summed E-state index contributed by atoms with van der Waals surface area (Å²) in [5.74, 6) is 0.414. The van der Waals surface area contributed by atoms with Gasteiger partial charge in [-0.3, -0.25) is 5.32 Å². The number of ether oxygens (including phenoxy) is 1. The molecule has 1 unspecified atom stereocenters. The van der Waals surface area contributed by atoms with Crippen LogP contribution in [0, 0.1) is 24.0 Å². The van der Waals surface area contributed by atoms with Crippen molar-refractivity contribution in [2.45, 2.75) is 30.4 Å². The fraction of sp³-hybridized carbons (Fsp3) is 0.375. The highest BCUT2D eigenvalue weighted by Crippen LogP contribution is 2.31. The molecule has 2 aromatic rings. The van der Waals surface area contributed by atoms with E-state index in [9.17, 15) is 14.9 Å². The van der Waals surface area contributed by atoms with Gasteiger partial charge >= 0.3 is 17.7 Å². The van der Waals surface area contributed by atoms with Crippen LogP contribution in [0.15, 0.2) is 30.5 Å². The van der Waals surface area contributed by atoms with Gasteiger partial charge in [-0.05, 0) is 19.1 Å². The number of nitrogens with zero attached hydrogens (tertiary/aromatic N) is 2. The number of hydrogen-bond acceptors (Lipinski definition) is 5. The molecule has 0 aliphatic carbocycles. The molecule has 3 N–H and O–H groups in total. The molecule has 0 aliphatic heterocycles. The molecular formula is C16H19Cl3N5O4+. The number of alkyl carbamates (subject to hydrolysis) is 1. The van der Waals surface area contributed by atoms with Crippen LogP contribution in [-0.2, 0) is 11.3 Å². The summed E-state index contributed by atoms with van der Waals surface area (Å²) in [5.41, 5.74) is 1.69. The van der Waals surface area contributed by atoms with Crippen LogP contribution in [0.1, 0.15) is 11.4 Å². The minimum atomic E-state index is -1.85. The molecule has 2 rings (SSSR count). The second-order valence-electron chi connectivity index (χ2n) is 5.91. The van der Waals surface area contributed by atoms with E-state index in [1.54, 1.807) is 19.1 Å². The molecule has 1 atom stereocenters. The van der Waals surface area contributed by atoms with E-state index in [1.807, 2.05) is 19.1 Å². The number of aromatic amines is 1. The van der Waals surface area contributed by atoms with E-state index < -0.39 is 21.0 Å². The van der Waals surface area contributed by atoms with E-state index in [2.05, 4.69) is 15.6 Å². The molecule has 0 aliphatic rings. The van der Waals surface area contributed by atoms with Gasteiger partial charge in [0.15, 0.2) is 6.54 Å². The lowest BCUT2D eigenvalue weighted by atomic mass is 10.2. The molecular weight excluding hydrogens is 433 g/mol. The smallest absolute Gasteiger partial charge is 0.434 e. The van der Waals surface area contributed by atoms with Crippen molar-refractivity contribution < 1.29 is 19.0 Å². The van der Waals surface area contributed by atoms with Crippen LogP contribution in [0.2, 0.25) is 0 Å². The average molecular weight is 452 g/mol. The first kappa shape index (κ1) is 22.1. The van der Waals surface area contributed by atoms with E-state index in [-0.39, 0.29) is 19.0 Å². The minimum Gasteiger partial charge on any atom is -0.445 e. The number of anilines is 1. The Morgan fingerprint density at radius 3 is 2.54 bits per heavy atom. The SMILES string of the molecule is Cc1ccc(NC(NC(=O)OCC[n+]2c([N+](=O)[O-])c[nH]c2C)C(Cl)(Cl)Cl)cc1. The molecule has 1 aromatic heterocycles. The number of hydrogen-bond donors (Lipinski definition) is 3. The Morgan fingerprint density at radius 2 is 1.96 bits per heavy atom. The zero-order chi connectivity index (χ0) is 20.9. The molecule has 0 radical (unpaired) electrons. The van der Waals surface area contributed by atoms with Gasteiger partial charge < -0.3 is 20.2 Å². The summed E-state index contributed by atoms with van der Waals surface area (Å²) in [4.78, 5) is 25.3. The van der Waals surface area contributed by atoms with Gasteiger partial charge in [-0.25, -0.2) is 9.78 Å². The molecule has 1 aromatic carbocycles. The highest BCUT2D eigenvalue weighted by molar-refractivity contribution is 6.68. The van der Waals surface area contributed by atoms with Crippen molar-refractivity contribution in [2.75, 3.05) is 11.9 Å². The molecule has 0 saturated heterocycles. The fourth-order valence-electron chi connectivity index (χ4n) is 2.34. The summed E-state index contributed by atoms with van der Waals surface area (Å²) in [5, 5.41) is 16.3. The highest BCUT2D eigenvalue weighted by atomic mass is 35.6. The van der Waals surface area contributed by atoms with Gasteiger partial charge in [-0.2, -0.15) is 0 Å². The molecule has 0 spiro atoms. The van der Waals surface area contributed by atoms with Crippen LogP contribution in [-0.4, -0.2) is 32.6 Å². The average Bonchev–Trinajstić information content (AvgIpc) is 2.96. The second kappa shape index (κ2) is 9.31. The highest BCUT2D eigenvalue weighted by Gasteiger charge is 2.34. The Labute approximate surface area is 176 Å². The van der Waals surface area contributed by atoms with Crippen LogP contribution in [0.3, 0.4) is 0 Å². The lowest BCUT2D eigenvalue weighted by Gasteiger charge is -2.27. The van der Waals surface area contributed by atoms with E-state index in [0.717, 1.165) is 5.56 Å². The predicted octanol–water partition coefficient (Wildman–Crippen LogP) is 3.36. The molecule has 0 fully saturated rings. The maximum atomic E-state index is 12.1. The number of carbonyl (C=O) groups excluding carboxylic acids is 1. The monoisotopic (exact) mass is 450 g/mol. The maximum Gasteiger partial charge on any atom is 0.434 e. The third-order valence-corrected chi connectivity index (χ3v) is 4.43. The standard InChI is InChI=1S/C16H18Cl3N5O4/c1-10-3-5-12(6-4-10)21-14(16(17,18)19)22-15(25)28-8-7-23-11(2)20-9-13(23)24(26)27/h3-6,9,14,21H,7-8H2,1-2H3,(H,22,25)/p+1. The fourth-order valence-corrected chi connectivity index (χ4v) is 2.66. The number of amides is 1. The Balaban J connectivity index is 1.94. The first-order valence-corrected chi connectivity index (χ1v) is 9.26. The third kappa shape index (κ3) is 6.15. The van der Waals surface area contributed by atoms with Crippen LogP contribution in [0.25, 0.3) is 0 Å². The number of H-pyrrole nitrogens is 1. The minimum absolute atomic E-state index is 0.0862.